The maximum absolute atomic E-state index is 10.5. The lowest BCUT2D eigenvalue weighted by Gasteiger charge is -2.16. The van der Waals surface area contributed by atoms with Crippen LogP contribution in [0.3, 0.4) is 0 Å². The lowest BCUT2D eigenvalue weighted by Crippen LogP contribution is -2.21. The first kappa shape index (κ1) is 11.7. The van der Waals surface area contributed by atoms with Gasteiger partial charge in [-0.25, -0.2) is 0 Å². The Hall–Kier alpha value is -1.38. The molecule has 0 spiro atoms. The largest absolute Gasteiger partial charge is 0.265 e. The van der Waals surface area contributed by atoms with Gasteiger partial charge in [-0.1, -0.05) is 44.2 Å². The molecule has 82 valence electrons. The van der Waals surface area contributed by atoms with E-state index in [1.165, 1.54) is 5.56 Å². The van der Waals surface area contributed by atoms with Gasteiger partial charge in [-0.2, -0.15) is 0 Å². The summed E-state index contributed by atoms with van der Waals surface area (Å²) in [7, 11) is 0. The van der Waals surface area contributed by atoms with E-state index in [0.717, 1.165) is 6.42 Å². The molecule has 0 aliphatic heterocycles. The molecule has 3 heteroatoms. The zero-order chi connectivity index (χ0) is 11.3. The zero-order valence-corrected chi connectivity index (χ0v) is 9.22. The summed E-state index contributed by atoms with van der Waals surface area (Å²) in [6, 6.07) is 9.95. The van der Waals surface area contributed by atoms with Gasteiger partial charge in [0.1, 0.15) is 0 Å². The molecule has 1 aromatic rings. The number of hydrogen-bond acceptors (Lipinski definition) is 2. The third-order valence-electron chi connectivity index (χ3n) is 2.67. The number of rotatable bonds is 5. The van der Waals surface area contributed by atoms with Crippen LogP contribution < -0.4 is 0 Å². The predicted octanol–water partition coefficient (Wildman–Crippen LogP) is 2.78. The van der Waals surface area contributed by atoms with E-state index in [1.54, 1.807) is 0 Å². The lowest BCUT2D eigenvalue weighted by atomic mass is 9.89. The molecule has 0 N–H and O–H groups in total. The normalized spacial score (nSPS) is 12.7. The summed E-state index contributed by atoms with van der Waals surface area (Å²) in [5.41, 5.74) is 1.18. The van der Waals surface area contributed by atoms with Crippen molar-refractivity contribution < 1.29 is 4.92 Å². The van der Waals surface area contributed by atoms with Crippen LogP contribution in [0.1, 0.15) is 19.4 Å². The Morgan fingerprint density at radius 1 is 1.27 bits per heavy atom. The van der Waals surface area contributed by atoms with Crippen LogP contribution in [0.5, 0.6) is 0 Å². The van der Waals surface area contributed by atoms with Crippen molar-refractivity contribution in [2.75, 3.05) is 6.54 Å². The van der Waals surface area contributed by atoms with Crippen LogP contribution in [0.25, 0.3) is 0 Å². The fourth-order valence-corrected chi connectivity index (χ4v) is 1.62. The molecule has 1 unspecified atom stereocenters. The van der Waals surface area contributed by atoms with Gasteiger partial charge in [0, 0.05) is 10.8 Å². The number of benzene rings is 1. The Balaban J connectivity index is 2.63. The van der Waals surface area contributed by atoms with Gasteiger partial charge in [-0.05, 0) is 17.9 Å². The van der Waals surface area contributed by atoms with E-state index in [0.29, 0.717) is 5.92 Å². The number of nitrogens with zero attached hydrogens (tertiary/aromatic N) is 1. The fourth-order valence-electron chi connectivity index (χ4n) is 1.62. The highest BCUT2D eigenvalue weighted by molar-refractivity contribution is 5.15. The molecule has 1 aromatic carbocycles. The summed E-state index contributed by atoms with van der Waals surface area (Å²) in [5.74, 6) is 0.470. The minimum Gasteiger partial charge on any atom is -0.265 e. The Bertz CT molecular complexity index is 309. The Kier molecular flexibility index (Phi) is 4.28. The van der Waals surface area contributed by atoms with E-state index < -0.39 is 0 Å². The molecule has 0 fully saturated rings. The first-order valence-electron chi connectivity index (χ1n) is 5.25. The van der Waals surface area contributed by atoms with E-state index in [1.807, 2.05) is 44.2 Å². The molecule has 0 aliphatic carbocycles. The topological polar surface area (TPSA) is 43.1 Å². The average Bonchev–Trinajstić information content (AvgIpc) is 2.17. The summed E-state index contributed by atoms with van der Waals surface area (Å²) in [5, 5.41) is 10.5. The van der Waals surface area contributed by atoms with Gasteiger partial charge >= 0.3 is 0 Å². The third kappa shape index (κ3) is 4.11. The van der Waals surface area contributed by atoms with E-state index in [9.17, 15) is 10.1 Å². The monoisotopic (exact) mass is 207 g/mol. The van der Waals surface area contributed by atoms with Crippen molar-refractivity contribution in [1.82, 2.24) is 0 Å². The molecule has 0 bridgehead atoms. The van der Waals surface area contributed by atoms with Crippen LogP contribution in [0.4, 0.5) is 0 Å². The molecule has 3 nitrogen and oxygen atoms in total. The number of nitro groups is 1. The van der Waals surface area contributed by atoms with Crippen molar-refractivity contribution in [3.63, 3.8) is 0 Å². The highest BCUT2D eigenvalue weighted by Crippen LogP contribution is 2.17. The SMILES string of the molecule is CC(C)C(Cc1ccccc1)C[N+](=O)[O-]. The minimum atomic E-state index is -0.215. The van der Waals surface area contributed by atoms with Crippen LogP contribution in [-0.4, -0.2) is 11.5 Å². The summed E-state index contributed by atoms with van der Waals surface area (Å²) in [4.78, 5) is 10.3. The summed E-state index contributed by atoms with van der Waals surface area (Å²) >= 11 is 0. The Morgan fingerprint density at radius 2 is 1.87 bits per heavy atom. The van der Waals surface area contributed by atoms with Crippen LogP contribution in [-0.2, 0) is 6.42 Å². The molecule has 15 heavy (non-hydrogen) atoms. The third-order valence-corrected chi connectivity index (χ3v) is 2.67. The summed E-state index contributed by atoms with van der Waals surface area (Å²) < 4.78 is 0. The van der Waals surface area contributed by atoms with Gasteiger partial charge in [-0.15, -0.1) is 0 Å². The first-order chi connectivity index (χ1) is 7.09. The van der Waals surface area contributed by atoms with Crippen molar-refractivity contribution in [2.45, 2.75) is 20.3 Å². The molecule has 0 saturated carbocycles. The second-order valence-corrected chi connectivity index (χ2v) is 4.21. The van der Waals surface area contributed by atoms with Crippen molar-refractivity contribution >= 4 is 0 Å². The zero-order valence-electron chi connectivity index (χ0n) is 9.22. The van der Waals surface area contributed by atoms with Gasteiger partial charge in [0.05, 0.1) is 0 Å². The second-order valence-electron chi connectivity index (χ2n) is 4.21. The lowest BCUT2D eigenvalue weighted by molar-refractivity contribution is -0.489. The maximum atomic E-state index is 10.5. The quantitative estimate of drug-likeness (QED) is 0.550. The second kappa shape index (κ2) is 5.49. The van der Waals surface area contributed by atoms with Gasteiger partial charge < -0.3 is 0 Å². The molecular formula is C12H17NO2. The van der Waals surface area contributed by atoms with Crippen LogP contribution in [0.2, 0.25) is 0 Å². The van der Waals surface area contributed by atoms with Gasteiger partial charge in [0.2, 0.25) is 6.54 Å². The van der Waals surface area contributed by atoms with Crippen molar-refractivity contribution in [1.29, 1.82) is 0 Å². The van der Waals surface area contributed by atoms with Crippen molar-refractivity contribution in [3.8, 4) is 0 Å². The molecule has 0 aromatic heterocycles. The summed E-state index contributed by atoms with van der Waals surface area (Å²) in [6.07, 6.45) is 0.791. The Labute approximate surface area is 90.3 Å². The molecular weight excluding hydrogens is 190 g/mol. The predicted molar refractivity (Wildman–Crippen MR) is 60.3 cm³/mol. The van der Waals surface area contributed by atoms with Gasteiger partial charge in [0.15, 0.2) is 0 Å². The number of hydrogen-bond donors (Lipinski definition) is 0. The highest BCUT2D eigenvalue weighted by Gasteiger charge is 2.19. The molecule has 0 aliphatic rings. The van der Waals surface area contributed by atoms with Gasteiger partial charge in [-0.3, -0.25) is 10.1 Å². The minimum absolute atomic E-state index is 0.0621. The van der Waals surface area contributed by atoms with E-state index >= 15 is 0 Å². The maximum Gasteiger partial charge on any atom is 0.207 e. The molecule has 0 radical (unpaired) electrons. The van der Waals surface area contributed by atoms with E-state index in [2.05, 4.69) is 0 Å². The molecule has 1 atom stereocenters. The molecule has 1 rings (SSSR count). The van der Waals surface area contributed by atoms with Crippen LogP contribution in [0.15, 0.2) is 30.3 Å². The molecule has 0 amide bonds. The van der Waals surface area contributed by atoms with Crippen LogP contribution >= 0.6 is 0 Å². The standard InChI is InChI=1S/C12H17NO2/c1-10(2)12(9-13(14)15)8-11-6-4-3-5-7-11/h3-7,10,12H,8-9H2,1-2H3. The van der Waals surface area contributed by atoms with Crippen LogP contribution in [0, 0.1) is 22.0 Å². The highest BCUT2D eigenvalue weighted by atomic mass is 16.6. The van der Waals surface area contributed by atoms with Crippen molar-refractivity contribution in [3.05, 3.63) is 46.0 Å². The molecule has 0 saturated heterocycles. The average molecular weight is 207 g/mol. The Morgan fingerprint density at radius 3 is 2.33 bits per heavy atom. The van der Waals surface area contributed by atoms with E-state index in [4.69, 9.17) is 0 Å². The van der Waals surface area contributed by atoms with E-state index in [-0.39, 0.29) is 17.4 Å². The fraction of sp³-hybridized carbons (Fsp3) is 0.500. The van der Waals surface area contributed by atoms with Gasteiger partial charge in [0.25, 0.3) is 0 Å². The smallest absolute Gasteiger partial charge is 0.207 e. The molecule has 0 heterocycles. The first-order valence-corrected chi connectivity index (χ1v) is 5.25. The summed E-state index contributed by atoms with van der Waals surface area (Å²) in [6.45, 7) is 4.14. The van der Waals surface area contributed by atoms with Crippen molar-refractivity contribution in [2.24, 2.45) is 11.8 Å².